The van der Waals surface area contributed by atoms with Crippen molar-refractivity contribution in [3.8, 4) is 23.0 Å². The summed E-state index contributed by atoms with van der Waals surface area (Å²) in [6.07, 6.45) is -0.617. The Kier molecular flexibility index (Phi) is 5.06. The predicted octanol–water partition coefficient (Wildman–Crippen LogP) is 3.71. The third-order valence-electron chi connectivity index (χ3n) is 3.43. The Bertz CT molecular complexity index is 913. The topological polar surface area (TPSA) is 82.0 Å². The first-order chi connectivity index (χ1) is 12.9. The second-order valence-corrected chi connectivity index (χ2v) is 5.28. The molecule has 3 aromatic rings. The molecule has 0 spiro atoms. The highest BCUT2D eigenvalue weighted by Gasteiger charge is 2.34. The maximum absolute atomic E-state index is 13.2. The SMILES string of the molecule is COc1cc(Nc2cc(C(F)(F)F)nc(-c3cnccn3)n2)cc(OC)c1. The number of alkyl halides is 3. The van der Waals surface area contributed by atoms with E-state index in [4.69, 9.17) is 9.47 Å². The summed E-state index contributed by atoms with van der Waals surface area (Å²) < 4.78 is 50.0. The maximum atomic E-state index is 13.2. The molecule has 0 unspecified atom stereocenters. The molecule has 0 aliphatic heterocycles. The van der Waals surface area contributed by atoms with Gasteiger partial charge in [0.15, 0.2) is 11.5 Å². The Labute approximate surface area is 152 Å². The lowest BCUT2D eigenvalue weighted by Crippen LogP contribution is -2.11. The molecule has 0 bridgehead atoms. The van der Waals surface area contributed by atoms with E-state index >= 15 is 0 Å². The highest BCUT2D eigenvalue weighted by Crippen LogP contribution is 2.32. The smallest absolute Gasteiger partial charge is 0.433 e. The van der Waals surface area contributed by atoms with Gasteiger partial charge in [0.25, 0.3) is 0 Å². The standard InChI is InChI=1S/C17H14F3N5O2/c1-26-11-5-10(6-12(7-11)27-2)23-15-8-14(17(18,19)20)24-16(25-15)13-9-21-3-4-22-13/h3-9H,1-2H3,(H,23,24,25). The first kappa shape index (κ1) is 18.4. The van der Waals surface area contributed by atoms with Crippen molar-refractivity contribution in [1.29, 1.82) is 0 Å². The van der Waals surface area contributed by atoms with Crippen LogP contribution in [-0.4, -0.2) is 34.2 Å². The number of benzene rings is 1. The summed E-state index contributed by atoms with van der Waals surface area (Å²) in [7, 11) is 2.94. The lowest BCUT2D eigenvalue weighted by Gasteiger charge is -2.13. The number of aromatic nitrogens is 4. The van der Waals surface area contributed by atoms with Crippen LogP contribution in [0.5, 0.6) is 11.5 Å². The Morgan fingerprint density at radius 2 is 1.63 bits per heavy atom. The number of methoxy groups -OCH3 is 2. The zero-order chi connectivity index (χ0) is 19.4. The number of ether oxygens (including phenoxy) is 2. The van der Waals surface area contributed by atoms with Gasteiger partial charge in [-0.3, -0.25) is 4.98 Å². The zero-order valence-electron chi connectivity index (χ0n) is 14.3. The third kappa shape index (κ3) is 4.40. The molecule has 0 aliphatic rings. The molecule has 0 fully saturated rings. The minimum atomic E-state index is -4.65. The Hall–Kier alpha value is -3.43. The normalized spacial score (nSPS) is 11.1. The van der Waals surface area contributed by atoms with Crippen LogP contribution in [0.1, 0.15) is 5.69 Å². The average molecular weight is 377 g/mol. The maximum Gasteiger partial charge on any atom is 0.433 e. The van der Waals surface area contributed by atoms with Crippen molar-refractivity contribution in [3.05, 3.63) is 48.5 Å². The van der Waals surface area contributed by atoms with Gasteiger partial charge in [-0.25, -0.2) is 15.0 Å². The molecule has 0 saturated heterocycles. The zero-order valence-corrected chi connectivity index (χ0v) is 14.3. The van der Waals surface area contributed by atoms with Crippen molar-refractivity contribution >= 4 is 11.5 Å². The summed E-state index contributed by atoms with van der Waals surface area (Å²) in [6, 6.07) is 5.64. The second kappa shape index (κ2) is 7.44. The predicted molar refractivity (Wildman–Crippen MR) is 90.9 cm³/mol. The van der Waals surface area contributed by atoms with Crippen molar-refractivity contribution < 1.29 is 22.6 Å². The van der Waals surface area contributed by atoms with Crippen LogP contribution in [-0.2, 0) is 6.18 Å². The fraction of sp³-hybridized carbons (Fsp3) is 0.176. The van der Waals surface area contributed by atoms with Crippen LogP contribution in [0.4, 0.5) is 24.7 Å². The van der Waals surface area contributed by atoms with Crippen LogP contribution < -0.4 is 14.8 Å². The van der Waals surface area contributed by atoms with Gasteiger partial charge in [0.2, 0.25) is 0 Å². The highest BCUT2D eigenvalue weighted by atomic mass is 19.4. The second-order valence-electron chi connectivity index (χ2n) is 5.28. The van der Waals surface area contributed by atoms with Crippen LogP contribution in [0.25, 0.3) is 11.5 Å². The van der Waals surface area contributed by atoms with Crippen LogP contribution >= 0.6 is 0 Å². The molecule has 3 rings (SSSR count). The summed E-state index contributed by atoms with van der Waals surface area (Å²) in [5.74, 6) is 0.677. The molecule has 1 aromatic carbocycles. The first-order valence-corrected chi connectivity index (χ1v) is 7.62. The van der Waals surface area contributed by atoms with Crippen LogP contribution in [0.15, 0.2) is 42.9 Å². The molecule has 1 N–H and O–H groups in total. The lowest BCUT2D eigenvalue weighted by molar-refractivity contribution is -0.141. The molecule has 27 heavy (non-hydrogen) atoms. The summed E-state index contributed by atoms with van der Waals surface area (Å²) in [4.78, 5) is 15.5. The minimum Gasteiger partial charge on any atom is -0.497 e. The average Bonchev–Trinajstić information content (AvgIpc) is 2.67. The minimum absolute atomic E-state index is 0.0618. The molecule has 10 heteroatoms. The first-order valence-electron chi connectivity index (χ1n) is 7.62. The van der Waals surface area contributed by atoms with E-state index in [9.17, 15) is 13.2 Å². The van der Waals surface area contributed by atoms with Crippen LogP contribution in [0, 0.1) is 0 Å². The molecule has 2 heterocycles. The summed E-state index contributed by atoms with van der Waals surface area (Å²) >= 11 is 0. The van der Waals surface area contributed by atoms with Gasteiger partial charge in [-0.2, -0.15) is 13.2 Å². The van der Waals surface area contributed by atoms with Crippen LogP contribution in [0.3, 0.4) is 0 Å². The van der Waals surface area contributed by atoms with Crippen molar-refractivity contribution in [2.45, 2.75) is 6.18 Å². The quantitative estimate of drug-likeness (QED) is 0.726. The fourth-order valence-electron chi connectivity index (χ4n) is 2.21. The molecule has 0 amide bonds. The van der Waals surface area contributed by atoms with E-state index in [2.05, 4.69) is 25.3 Å². The summed E-state index contributed by atoms with van der Waals surface area (Å²) in [5, 5.41) is 2.82. The molecule has 0 atom stereocenters. The van der Waals surface area contributed by atoms with E-state index in [0.29, 0.717) is 17.2 Å². The molecule has 7 nitrogen and oxygen atoms in total. The fourth-order valence-corrected chi connectivity index (χ4v) is 2.21. The number of nitrogens with one attached hydrogen (secondary N) is 1. The Morgan fingerprint density at radius 3 is 2.19 bits per heavy atom. The lowest BCUT2D eigenvalue weighted by atomic mass is 10.2. The van der Waals surface area contributed by atoms with E-state index < -0.39 is 11.9 Å². The Balaban J connectivity index is 2.05. The molecular formula is C17H14F3N5O2. The van der Waals surface area contributed by atoms with Crippen molar-refractivity contribution in [1.82, 2.24) is 19.9 Å². The molecule has 0 aliphatic carbocycles. The van der Waals surface area contributed by atoms with E-state index in [0.717, 1.165) is 6.07 Å². The van der Waals surface area contributed by atoms with E-state index in [1.165, 1.54) is 32.8 Å². The Morgan fingerprint density at radius 1 is 0.926 bits per heavy atom. The van der Waals surface area contributed by atoms with E-state index in [1.54, 1.807) is 18.2 Å². The molecule has 0 saturated carbocycles. The van der Waals surface area contributed by atoms with Gasteiger partial charge in [-0.05, 0) is 0 Å². The van der Waals surface area contributed by atoms with Gasteiger partial charge >= 0.3 is 6.18 Å². The number of halogens is 3. The summed E-state index contributed by atoms with van der Waals surface area (Å²) in [6.45, 7) is 0. The van der Waals surface area contributed by atoms with Gasteiger partial charge in [-0.1, -0.05) is 0 Å². The molecule has 2 aromatic heterocycles. The monoisotopic (exact) mass is 377 g/mol. The van der Waals surface area contributed by atoms with Crippen molar-refractivity contribution in [3.63, 3.8) is 0 Å². The summed E-state index contributed by atoms with van der Waals surface area (Å²) in [5.41, 5.74) is -0.548. The third-order valence-corrected chi connectivity index (χ3v) is 3.43. The number of anilines is 2. The number of hydrogen-bond acceptors (Lipinski definition) is 7. The van der Waals surface area contributed by atoms with Crippen molar-refractivity contribution in [2.24, 2.45) is 0 Å². The highest BCUT2D eigenvalue weighted by molar-refractivity contribution is 5.63. The van der Waals surface area contributed by atoms with E-state index in [1.807, 2.05) is 0 Å². The van der Waals surface area contributed by atoms with Crippen LogP contribution in [0.2, 0.25) is 0 Å². The molecule has 0 radical (unpaired) electrons. The van der Waals surface area contributed by atoms with Gasteiger partial charge in [0.1, 0.15) is 23.0 Å². The molecular weight excluding hydrogens is 363 g/mol. The van der Waals surface area contributed by atoms with Gasteiger partial charge < -0.3 is 14.8 Å². The van der Waals surface area contributed by atoms with Gasteiger partial charge in [-0.15, -0.1) is 0 Å². The largest absolute Gasteiger partial charge is 0.497 e. The molecule has 140 valence electrons. The number of hydrogen-bond donors (Lipinski definition) is 1. The number of nitrogens with zero attached hydrogens (tertiary/aromatic N) is 4. The van der Waals surface area contributed by atoms with Gasteiger partial charge in [0.05, 0.1) is 20.4 Å². The van der Waals surface area contributed by atoms with Crippen molar-refractivity contribution in [2.75, 3.05) is 19.5 Å². The number of rotatable bonds is 5. The van der Waals surface area contributed by atoms with E-state index in [-0.39, 0.29) is 17.3 Å². The van der Waals surface area contributed by atoms with Gasteiger partial charge in [0, 0.05) is 42.3 Å².